The molecular formula is C25H23F3N4O3. The van der Waals surface area contributed by atoms with Crippen molar-refractivity contribution in [1.82, 2.24) is 19.9 Å². The Labute approximate surface area is 199 Å². The third-order valence-electron chi connectivity index (χ3n) is 5.33. The van der Waals surface area contributed by atoms with Crippen LogP contribution in [0.5, 0.6) is 5.75 Å². The van der Waals surface area contributed by atoms with Crippen molar-refractivity contribution in [1.29, 1.82) is 0 Å². The van der Waals surface area contributed by atoms with E-state index in [4.69, 9.17) is 0 Å². The van der Waals surface area contributed by atoms with Crippen molar-refractivity contribution < 1.29 is 27.8 Å². The van der Waals surface area contributed by atoms with Crippen LogP contribution in [-0.2, 0) is 17.8 Å². The van der Waals surface area contributed by atoms with Crippen LogP contribution in [0.1, 0.15) is 29.5 Å². The molecule has 4 aromatic rings. The van der Waals surface area contributed by atoms with Crippen molar-refractivity contribution in [2.45, 2.75) is 31.9 Å². The first kappa shape index (κ1) is 24.2. The number of alkyl halides is 3. The fourth-order valence-electron chi connectivity index (χ4n) is 3.66. The van der Waals surface area contributed by atoms with E-state index in [1.165, 1.54) is 24.3 Å². The molecule has 0 aliphatic carbocycles. The van der Waals surface area contributed by atoms with E-state index in [-0.39, 0.29) is 24.6 Å². The molecule has 2 N–H and O–H groups in total. The highest BCUT2D eigenvalue weighted by Gasteiger charge is 2.31. The van der Waals surface area contributed by atoms with E-state index in [0.29, 0.717) is 35.5 Å². The molecule has 10 heteroatoms. The Balaban J connectivity index is 1.42. The molecule has 0 bridgehead atoms. The Bertz CT molecular complexity index is 1270. The number of carbonyl (C=O) groups excluding carboxylic acids is 1. The van der Waals surface area contributed by atoms with E-state index in [1.54, 1.807) is 30.5 Å². The van der Waals surface area contributed by atoms with Crippen LogP contribution in [0.15, 0.2) is 72.9 Å². The number of rotatable bonds is 9. The van der Waals surface area contributed by atoms with Crippen molar-refractivity contribution in [3.05, 3.63) is 89.9 Å². The average Bonchev–Trinajstić information content (AvgIpc) is 3.19. The lowest BCUT2D eigenvalue weighted by Crippen LogP contribution is -2.28. The second-order valence-electron chi connectivity index (χ2n) is 7.88. The molecule has 2 aromatic carbocycles. The van der Waals surface area contributed by atoms with E-state index < -0.39 is 12.5 Å². The summed E-state index contributed by atoms with van der Waals surface area (Å²) in [5.74, 6) is 0.0812. The zero-order valence-corrected chi connectivity index (χ0v) is 18.6. The smallest absolute Gasteiger partial charge is 0.406 e. The summed E-state index contributed by atoms with van der Waals surface area (Å²) in [7, 11) is 0. The van der Waals surface area contributed by atoms with Crippen molar-refractivity contribution >= 4 is 17.1 Å². The quantitative estimate of drug-likeness (QED) is 0.373. The Kier molecular flexibility index (Phi) is 7.31. The van der Waals surface area contributed by atoms with Gasteiger partial charge in [-0.25, -0.2) is 9.97 Å². The molecule has 0 fully saturated rings. The number of aromatic nitrogens is 3. The van der Waals surface area contributed by atoms with Crippen molar-refractivity contribution in [2.75, 3.05) is 6.54 Å². The summed E-state index contributed by atoms with van der Waals surface area (Å²) >= 11 is 0. The van der Waals surface area contributed by atoms with Crippen molar-refractivity contribution in [2.24, 2.45) is 0 Å². The number of aliphatic hydroxyl groups excluding tert-OH is 1. The van der Waals surface area contributed by atoms with Gasteiger partial charge in [-0.2, -0.15) is 0 Å². The molecule has 0 aliphatic heterocycles. The number of imidazole rings is 1. The minimum atomic E-state index is -4.75. The van der Waals surface area contributed by atoms with Gasteiger partial charge in [-0.15, -0.1) is 13.2 Å². The predicted octanol–water partition coefficient (Wildman–Crippen LogP) is 4.16. The molecule has 0 radical (unpaired) electrons. The van der Waals surface area contributed by atoms with Crippen LogP contribution in [0.4, 0.5) is 13.2 Å². The van der Waals surface area contributed by atoms with E-state index in [9.17, 15) is 23.1 Å². The van der Waals surface area contributed by atoms with Crippen LogP contribution in [0.3, 0.4) is 0 Å². The fraction of sp³-hybridized carbons (Fsp3) is 0.240. The maximum absolute atomic E-state index is 12.4. The number of aliphatic hydroxyl groups is 1. The molecule has 0 saturated carbocycles. The third kappa shape index (κ3) is 6.57. The zero-order chi connectivity index (χ0) is 24.8. The summed E-state index contributed by atoms with van der Waals surface area (Å²) in [4.78, 5) is 21.4. The maximum Gasteiger partial charge on any atom is 0.573 e. The molecule has 0 unspecified atom stereocenters. The number of nitrogens with one attached hydrogen (secondary N) is 1. The molecule has 4 rings (SSSR count). The number of pyridine rings is 1. The summed E-state index contributed by atoms with van der Waals surface area (Å²) < 4.78 is 43.0. The Morgan fingerprint density at radius 2 is 1.80 bits per heavy atom. The van der Waals surface area contributed by atoms with Gasteiger partial charge in [0.25, 0.3) is 0 Å². The lowest BCUT2D eigenvalue weighted by molar-refractivity contribution is -0.274. The monoisotopic (exact) mass is 484 g/mol. The second kappa shape index (κ2) is 10.6. The Morgan fingerprint density at radius 1 is 1.06 bits per heavy atom. The predicted molar refractivity (Wildman–Crippen MR) is 122 cm³/mol. The fourth-order valence-corrected chi connectivity index (χ4v) is 3.66. The van der Waals surface area contributed by atoms with Gasteiger partial charge in [0.15, 0.2) is 5.65 Å². The Morgan fingerprint density at radius 3 is 2.51 bits per heavy atom. The van der Waals surface area contributed by atoms with Gasteiger partial charge in [-0.3, -0.25) is 4.79 Å². The van der Waals surface area contributed by atoms with Crippen molar-refractivity contribution in [3.8, 4) is 5.75 Å². The first-order valence-corrected chi connectivity index (χ1v) is 10.9. The number of carbonyl (C=O) groups is 1. The number of nitrogens with zero attached hydrogens (tertiary/aromatic N) is 3. The van der Waals surface area contributed by atoms with Gasteiger partial charge < -0.3 is 19.7 Å². The van der Waals surface area contributed by atoms with Crippen LogP contribution in [0, 0.1) is 0 Å². The largest absolute Gasteiger partial charge is 0.573 e. The normalized spacial score (nSPS) is 12.5. The SMILES string of the molecule is O=C(CCc1nc2cccnc2n1Cc1ccc(OC(F)(F)F)cc1)NC[C@@H](O)c1ccccc1. The average molecular weight is 484 g/mol. The van der Waals surface area contributed by atoms with Crippen LogP contribution in [0.2, 0.25) is 0 Å². The standard InChI is InChI=1S/C25H23F3N4O3/c26-25(27,28)35-19-10-8-17(9-11-19)16-32-22(31-20-7-4-14-29-24(20)32)12-13-23(34)30-15-21(33)18-5-2-1-3-6-18/h1-11,14,21,33H,12-13,15-16H2,(H,30,34)/t21-/m1/s1. The number of halogens is 3. The van der Waals surface area contributed by atoms with Gasteiger partial charge in [0, 0.05) is 25.6 Å². The van der Waals surface area contributed by atoms with Gasteiger partial charge in [0.1, 0.15) is 17.1 Å². The van der Waals surface area contributed by atoms with E-state index in [1.807, 2.05) is 22.8 Å². The topological polar surface area (TPSA) is 89.3 Å². The minimum absolute atomic E-state index is 0.0904. The number of hydrogen-bond acceptors (Lipinski definition) is 5. The molecule has 0 spiro atoms. The molecule has 2 aromatic heterocycles. The molecule has 2 heterocycles. The number of amides is 1. The Hall–Kier alpha value is -3.92. The van der Waals surface area contributed by atoms with Crippen LogP contribution in [-0.4, -0.2) is 38.5 Å². The molecule has 1 amide bonds. The van der Waals surface area contributed by atoms with Gasteiger partial charge in [0.05, 0.1) is 12.6 Å². The van der Waals surface area contributed by atoms with Crippen LogP contribution >= 0.6 is 0 Å². The number of aryl methyl sites for hydroxylation is 1. The molecule has 0 aliphatic rings. The summed E-state index contributed by atoms with van der Waals surface area (Å²) in [6.45, 7) is 0.399. The van der Waals surface area contributed by atoms with Crippen LogP contribution in [0.25, 0.3) is 11.2 Å². The third-order valence-corrected chi connectivity index (χ3v) is 5.33. The van der Waals surface area contributed by atoms with Gasteiger partial charge in [0.2, 0.25) is 5.91 Å². The van der Waals surface area contributed by atoms with Crippen LogP contribution < -0.4 is 10.1 Å². The minimum Gasteiger partial charge on any atom is -0.406 e. The van der Waals surface area contributed by atoms with E-state index in [0.717, 1.165) is 5.56 Å². The van der Waals surface area contributed by atoms with Gasteiger partial charge >= 0.3 is 6.36 Å². The summed E-state index contributed by atoms with van der Waals surface area (Å²) in [5.41, 5.74) is 2.70. The lowest BCUT2D eigenvalue weighted by Gasteiger charge is -2.13. The first-order valence-electron chi connectivity index (χ1n) is 10.9. The number of ether oxygens (including phenoxy) is 1. The number of hydrogen-bond donors (Lipinski definition) is 2. The van der Waals surface area contributed by atoms with E-state index >= 15 is 0 Å². The highest BCUT2D eigenvalue weighted by Crippen LogP contribution is 2.24. The molecule has 182 valence electrons. The summed E-state index contributed by atoms with van der Waals surface area (Å²) in [5, 5.41) is 13.0. The highest BCUT2D eigenvalue weighted by atomic mass is 19.4. The summed E-state index contributed by atoms with van der Waals surface area (Å²) in [6.07, 6.45) is -3.47. The maximum atomic E-state index is 12.4. The number of benzene rings is 2. The molecule has 1 atom stereocenters. The second-order valence-corrected chi connectivity index (χ2v) is 7.88. The summed E-state index contributed by atoms with van der Waals surface area (Å²) in [6, 6.07) is 18.2. The molecular weight excluding hydrogens is 461 g/mol. The first-order chi connectivity index (χ1) is 16.8. The van der Waals surface area contributed by atoms with Crippen molar-refractivity contribution in [3.63, 3.8) is 0 Å². The van der Waals surface area contributed by atoms with E-state index in [2.05, 4.69) is 20.0 Å². The van der Waals surface area contributed by atoms with Gasteiger partial charge in [-0.1, -0.05) is 42.5 Å². The lowest BCUT2D eigenvalue weighted by atomic mass is 10.1. The number of fused-ring (bicyclic) bond motifs is 1. The molecule has 0 saturated heterocycles. The highest BCUT2D eigenvalue weighted by molar-refractivity contribution is 5.76. The molecule has 35 heavy (non-hydrogen) atoms. The van der Waals surface area contributed by atoms with Gasteiger partial charge in [-0.05, 0) is 35.4 Å². The zero-order valence-electron chi connectivity index (χ0n) is 18.6. The molecule has 7 nitrogen and oxygen atoms in total.